The number of fused-ring (bicyclic) bond motifs is 1. The molecular formula is C23H26ClN5O2S. The van der Waals surface area contributed by atoms with Crippen molar-refractivity contribution in [2.75, 3.05) is 11.4 Å². The molecular weight excluding hydrogens is 446 g/mol. The van der Waals surface area contributed by atoms with Crippen molar-refractivity contribution in [2.45, 2.75) is 39.7 Å². The van der Waals surface area contributed by atoms with Crippen LogP contribution in [0.15, 0.2) is 53.4 Å². The average Bonchev–Trinajstić information content (AvgIpc) is 3.31. The van der Waals surface area contributed by atoms with E-state index >= 15 is 0 Å². The highest BCUT2D eigenvalue weighted by Crippen LogP contribution is 2.34. The molecule has 0 radical (unpaired) electrons. The van der Waals surface area contributed by atoms with Crippen molar-refractivity contribution in [2.24, 2.45) is 4.99 Å². The summed E-state index contributed by atoms with van der Waals surface area (Å²) in [5, 5.41) is 1.86. The third-order valence-corrected chi connectivity index (χ3v) is 5.98. The third kappa shape index (κ3) is 5.83. The van der Waals surface area contributed by atoms with Crippen LogP contribution in [-0.2, 0) is 11.2 Å². The van der Waals surface area contributed by atoms with E-state index in [-0.39, 0.29) is 6.54 Å². The van der Waals surface area contributed by atoms with Gasteiger partial charge in [-0.1, -0.05) is 29.0 Å². The van der Waals surface area contributed by atoms with E-state index in [4.69, 9.17) is 16.3 Å². The second-order valence-corrected chi connectivity index (χ2v) is 9.45. The van der Waals surface area contributed by atoms with Crippen molar-refractivity contribution in [3.05, 3.63) is 64.0 Å². The average molecular weight is 472 g/mol. The number of carbonyl (C=O) groups is 1. The van der Waals surface area contributed by atoms with Crippen molar-refractivity contribution in [1.82, 2.24) is 15.0 Å². The van der Waals surface area contributed by atoms with Gasteiger partial charge in [-0.05, 0) is 63.8 Å². The minimum absolute atomic E-state index is 0.262. The number of pyridine rings is 1. The number of amides is 1. The Balaban J connectivity index is 1.93. The van der Waals surface area contributed by atoms with Crippen LogP contribution in [0.5, 0.6) is 0 Å². The zero-order chi connectivity index (χ0) is 23.3. The van der Waals surface area contributed by atoms with Crippen molar-refractivity contribution in [3.8, 4) is 0 Å². The molecule has 7 nitrogen and oxygen atoms in total. The Morgan fingerprint density at radius 2 is 2.22 bits per heavy atom. The van der Waals surface area contributed by atoms with Crippen LogP contribution in [0.3, 0.4) is 0 Å². The smallest absolute Gasteiger partial charge is 0.416 e. The highest BCUT2D eigenvalue weighted by molar-refractivity contribution is 7.16. The molecule has 0 aliphatic heterocycles. The van der Waals surface area contributed by atoms with E-state index in [2.05, 4.69) is 26.7 Å². The van der Waals surface area contributed by atoms with Gasteiger partial charge in [0, 0.05) is 30.4 Å². The number of aromatic nitrogens is 3. The Morgan fingerprint density at radius 1 is 1.44 bits per heavy atom. The number of allylic oxidation sites excluding steroid dienone is 1. The number of rotatable bonds is 7. The molecule has 0 aromatic carbocycles. The molecule has 1 amide bonds. The number of aliphatic imine (C=N–C) groups is 1. The zero-order valence-electron chi connectivity index (χ0n) is 18.6. The van der Waals surface area contributed by atoms with Crippen molar-refractivity contribution < 1.29 is 9.53 Å². The SMILES string of the molecule is C=N/C=C\C(=C/C)CN(C(=O)OC(C)(C)C)c1nc(Cl)c(Cc2c[nH]c3ncccc23)s1. The number of H-pyrrole nitrogens is 1. The minimum Gasteiger partial charge on any atom is -0.443 e. The molecule has 3 heterocycles. The lowest BCUT2D eigenvalue weighted by Crippen LogP contribution is -2.38. The first-order valence-electron chi connectivity index (χ1n) is 10.1. The number of halogens is 1. The Kier molecular flexibility index (Phi) is 7.48. The number of nitrogens with zero attached hydrogens (tertiary/aromatic N) is 4. The molecule has 32 heavy (non-hydrogen) atoms. The van der Waals surface area contributed by atoms with E-state index in [1.807, 2.05) is 52.1 Å². The van der Waals surface area contributed by atoms with E-state index in [9.17, 15) is 4.79 Å². The second-order valence-electron chi connectivity index (χ2n) is 8.03. The Morgan fingerprint density at radius 3 is 2.91 bits per heavy atom. The van der Waals surface area contributed by atoms with Gasteiger partial charge in [0.25, 0.3) is 0 Å². The summed E-state index contributed by atoms with van der Waals surface area (Å²) in [6.45, 7) is 11.1. The fourth-order valence-corrected chi connectivity index (χ4v) is 4.25. The number of aromatic amines is 1. The highest BCUT2D eigenvalue weighted by Gasteiger charge is 2.27. The van der Waals surface area contributed by atoms with Crippen molar-refractivity contribution >= 4 is 51.9 Å². The number of anilines is 1. The first-order chi connectivity index (χ1) is 15.2. The molecule has 0 saturated carbocycles. The van der Waals surface area contributed by atoms with Crippen LogP contribution in [0.4, 0.5) is 9.93 Å². The molecule has 0 saturated heterocycles. The largest absolute Gasteiger partial charge is 0.443 e. The summed E-state index contributed by atoms with van der Waals surface area (Å²) < 4.78 is 5.63. The fraction of sp³-hybridized carbons (Fsp3) is 0.304. The van der Waals surface area contributed by atoms with E-state index in [0.29, 0.717) is 16.7 Å². The third-order valence-electron chi connectivity index (χ3n) is 4.48. The molecule has 0 atom stereocenters. The van der Waals surface area contributed by atoms with Crippen LogP contribution >= 0.6 is 22.9 Å². The van der Waals surface area contributed by atoms with E-state index in [0.717, 1.165) is 27.0 Å². The predicted octanol–water partition coefficient (Wildman–Crippen LogP) is 6.17. The van der Waals surface area contributed by atoms with Crippen LogP contribution in [0.25, 0.3) is 11.0 Å². The van der Waals surface area contributed by atoms with Gasteiger partial charge in [-0.3, -0.25) is 4.99 Å². The van der Waals surface area contributed by atoms with Crippen molar-refractivity contribution in [1.29, 1.82) is 0 Å². The van der Waals surface area contributed by atoms with Crippen LogP contribution in [0.2, 0.25) is 5.15 Å². The Hall–Kier alpha value is -2.97. The van der Waals surface area contributed by atoms with Gasteiger partial charge in [0.2, 0.25) is 0 Å². The summed E-state index contributed by atoms with van der Waals surface area (Å²) in [7, 11) is 0. The first-order valence-corrected chi connectivity index (χ1v) is 11.3. The maximum atomic E-state index is 13.0. The summed E-state index contributed by atoms with van der Waals surface area (Å²) in [4.78, 5) is 31.1. The van der Waals surface area contributed by atoms with E-state index in [1.165, 1.54) is 16.2 Å². The van der Waals surface area contributed by atoms with E-state index in [1.54, 1.807) is 18.5 Å². The van der Waals surface area contributed by atoms with E-state index < -0.39 is 11.7 Å². The number of carbonyl (C=O) groups excluding carboxylic acids is 1. The maximum absolute atomic E-state index is 13.0. The van der Waals surface area contributed by atoms with Crippen LogP contribution in [-0.4, -0.2) is 39.9 Å². The lowest BCUT2D eigenvalue weighted by molar-refractivity contribution is 0.0583. The predicted molar refractivity (Wildman–Crippen MR) is 132 cm³/mol. The number of hydrogen-bond acceptors (Lipinski definition) is 6. The maximum Gasteiger partial charge on any atom is 0.416 e. The summed E-state index contributed by atoms with van der Waals surface area (Å²) in [6, 6.07) is 3.91. The molecule has 0 spiro atoms. The number of ether oxygens (including phenoxy) is 1. The number of thiazole rings is 1. The van der Waals surface area contributed by atoms with Crippen LogP contribution < -0.4 is 4.90 Å². The van der Waals surface area contributed by atoms with Gasteiger partial charge in [-0.15, -0.1) is 0 Å². The van der Waals surface area contributed by atoms with Gasteiger partial charge in [0.15, 0.2) is 5.13 Å². The van der Waals surface area contributed by atoms with Gasteiger partial charge in [-0.25, -0.2) is 19.7 Å². The Bertz CT molecular complexity index is 1170. The molecule has 0 aliphatic rings. The molecule has 3 aromatic heterocycles. The molecule has 3 rings (SSSR count). The van der Waals surface area contributed by atoms with Crippen molar-refractivity contribution in [3.63, 3.8) is 0 Å². The second kappa shape index (κ2) is 10.1. The summed E-state index contributed by atoms with van der Waals surface area (Å²) >= 11 is 7.86. The number of nitrogens with one attached hydrogen (secondary N) is 1. The lowest BCUT2D eigenvalue weighted by Gasteiger charge is -2.26. The van der Waals surface area contributed by atoms with Gasteiger partial charge in [0.1, 0.15) is 16.4 Å². The molecule has 168 valence electrons. The molecule has 9 heteroatoms. The Labute approximate surface area is 196 Å². The monoisotopic (exact) mass is 471 g/mol. The molecule has 0 aliphatic carbocycles. The van der Waals surface area contributed by atoms with Gasteiger partial charge >= 0.3 is 6.09 Å². The van der Waals surface area contributed by atoms with Crippen LogP contribution in [0.1, 0.15) is 38.1 Å². The molecule has 0 bridgehead atoms. The molecule has 0 unspecified atom stereocenters. The number of hydrogen-bond donors (Lipinski definition) is 1. The lowest BCUT2D eigenvalue weighted by atomic mass is 10.1. The fourth-order valence-electron chi connectivity index (χ4n) is 2.98. The summed E-state index contributed by atoms with van der Waals surface area (Å²) in [5.41, 5.74) is 2.09. The topological polar surface area (TPSA) is 83.5 Å². The van der Waals surface area contributed by atoms with Gasteiger partial charge in [-0.2, -0.15) is 0 Å². The van der Waals surface area contributed by atoms with Crippen LogP contribution in [0, 0.1) is 0 Å². The zero-order valence-corrected chi connectivity index (χ0v) is 20.1. The summed E-state index contributed by atoms with van der Waals surface area (Å²) in [5.74, 6) is 0. The highest BCUT2D eigenvalue weighted by atomic mass is 35.5. The van der Waals surface area contributed by atoms with Gasteiger partial charge < -0.3 is 9.72 Å². The minimum atomic E-state index is -0.648. The quantitative estimate of drug-likeness (QED) is 0.330. The molecule has 3 aromatic rings. The standard InChI is InChI=1S/C23H26ClN5O2S/c1-6-15(9-11-25-5)14-29(22(30)31-23(2,3)4)21-28-19(24)18(32-21)12-16-13-27-20-17(16)8-7-10-26-20/h6-11,13H,5,12,14H2,1-4H3,(H,26,27)/b11-9-,15-6+. The normalized spacial score (nSPS) is 12.5. The molecule has 1 N–H and O–H groups in total. The summed E-state index contributed by atoms with van der Waals surface area (Å²) in [6.07, 6.45) is 9.01. The first kappa shape index (κ1) is 23.7. The molecule has 0 fully saturated rings. The van der Waals surface area contributed by atoms with Gasteiger partial charge in [0.05, 0.1) is 11.4 Å².